The number of nitrogens with one attached hydrogen (secondary N) is 1. The Hall–Kier alpha value is -0.870. The molecule has 0 aromatic carbocycles. The average Bonchev–Trinajstić information content (AvgIpc) is 2.81. The summed E-state index contributed by atoms with van der Waals surface area (Å²) < 4.78 is 7.63. The van der Waals surface area contributed by atoms with Crippen molar-refractivity contribution in [3.05, 3.63) is 18.0 Å². The molecule has 4 nitrogen and oxygen atoms in total. The molecule has 104 valence electrons. The summed E-state index contributed by atoms with van der Waals surface area (Å²) in [4.78, 5) is 0. The van der Waals surface area contributed by atoms with E-state index in [9.17, 15) is 0 Å². The van der Waals surface area contributed by atoms with Gasteiger partial charge in [-0.2, -0.15) is 5.10 Å². The second kappa shape index (κ2) is 8.27. The van der Waals surface area contributed by atoms with Gasteiger partial charge in [-0.15, -0.1) is 0 Å². The maximum atomic E-state index is 5.61. The molecule has 0 radical (unpaired) electrons. The highest BCUT2D eigenvalue weighted by Crippen LogP contribution is 2.09. The average molecular weight is 253 g/mol. The number of aromatic nitrogens is 2. The van der Waals surface area contributed by atoms with Crippen LogP contribution in [0.5, 0.6) is 0 Å². The second-order valence-electron chi connectivity index (χ2n) is 5.06. The summed E-state index contributed by atoms with van der Waals surface area (Å²) in [5.41, 5.74) is 1.02. The van der Waals surface area contributed by atoms with Crippen LogP contribution in [0.15, 0.2) is 12.3 Å². The third kappa shape index (κ3) is 5.65. The fourth-order valence-electron chi connectivity index (χ4n) is 1.63. The van der Waals surface area contributed by atoms with Crippen LogP contribution < -0.4 is 5.32 Å². The highest BCUT2D eigenvalue weighted by molar-refractivity contribution is 4.97. The van der Waals surface area contributed by atoms with E-state index in [2.05, 4.69) is 38.1 Å². The molecule has 0 aliphatic heterocycles. The molecule has 1 atom stereocenters. The standard InChI is InChI=1S/C14H27N3O/c1-5-13(4)17-9-7-14(16-17)11-18-10-6-8-15-12(2)3/h7,9,12-13,15H,5-6,8,10-11H2,1-4H3. The number of ether oxygens (including phenoxy) is 1. The van der Waals surface area contributed by atoms with E-state index in [0.29, 0.717) is 18.7 Å². The molecule has 1 heterocycles. The zero-order chi connectivity index (χ0) is 13.4. The van der Waals surface area contributed by atoms with Crippen molar-refractivity contribution in [1.29, 1.82) is 0 Å². The van der Waals surface area contributed by atoms with Crippen molar-refractivity contribution in [2.75, 3.05) is 13.2 Å². The van der Waals surface area contributed by atoms with Crippen molar-refractivity contribution in [3.8, 4) is 0 Å². The zero-order valence-electron chi connectivity index (χ0n) is 12.1. The Kier molecular flexibility index (Phi) is 6.98. The molecule has 4 heteroatoms. The molecule has 1 aromatic rings. The summed E-state index contributed by atoms with van der Waals surface area (Å²) in [6, 6.07) is 3.06. The fourth-order valence-corrected chi connectivity index (χ4v) is 1.63. The van der Waals surface area contributed by atoms with Crippen LogP contribution in [0, 0.1) is 0 Å². The molecule has 0 amide bonds. The van der Waals surface area contributed by atoms with Crippen LogP contribution in [-0.4, -0.2) is 29.0 Å². The second-order valence-corrected chi connectivity index (χ2v) is 5.06. The molecule has 0 aliphatic carbocycles. The van der Waals surface area contributed by atoms with E-state index in [1.54, 1.807) is 0 Å². The van der Waals surface area contributed by atoms with Crippen LogP contribution in [0.25, 0.3) is 0 Å². The van der Waals surface area contributed by atoms with Crippen molar-refractivity contribution in [1.82, 2.24) is 15.1 Å². The van der Waals surface area contributed by atoms with Crippen LogP contribution in [-0.2, 0) is 11.3 Å². The van der Waals surface area contributed by atoms with Crippen molar-refractivity contribution < 1.29 is 4.74 Å². The van der Waals surface area contributed by atoms with Crippen molar-refractivity contribution in [3.63, 3.8) is 0 Å². The molecule has 0 fully saturated rings. The first-order valence-electron chi connectivity index (χ1n) is 6.98. The van der Waals surface area contributed by atoms with E-state index in [-0.39, 0.29) is 0 Å². The van der Waals surface area contributed by atoms with Crippen molar-refractivity contribution in [2.24, 2.45) is 0 Å². The number of hydrogen-bond donors (Lipinski definition) is 1. The topological polar surface area (TPSA) is 39.1 Å². The smallest absolute Gasteiger partial charge is 0.0906 e. The van der Waals surface area contributed by atoms with E-state index in [0.717, 1.165) is 31.7 Å². The van der Waals surface area contributed by atoms with E-state index in [1.807, 2.05) is 16.9 Å². The van der Waals surface area contributed by atoms with E-state index in [4.69, 9.17) is 4.74 Å². The van der Waals surface area contributed by atoms with Gasteiger partial charge >= 0.3 is 0 Å². The monoisotopic (exact) mass is 253 g/mol. The van der Waals surface area contributed by atoms with Crippen LogP contribution >= 0.6 is 0 Å². The van der Waals surface area contributed by atoms with Gasteiger partial charge < -0.3 is 10.1 Å². The molecule has 0 bridgehead atoms. The number of nitrogens with zero attached hydrogens (tertiary/aromatic N) is 2. The quantitative estimate of drug-likeness (QED) is 0.688. The summed E-state index contributed by atoms with van der Waals surface area (Å²) in [5.74, 6) is 0. The summed E-state index contributed by atoms with van der Waals surface area (Å²) in [6.45, 7) is 11.1. The fraction of sp³-hybridized carbons (Fsp3) is 0.786. The zero-order valence-corrected chi connectivity index (χ0v) is 12.1. The predicted octanol–water partition coefficient (Wildman–Crippen LogP) is 2.76. The van der Waals surface area contributed by atoms with Gasteiger partial charge in [0.2, 0.25) is 0 Å². The Balaban J connectivity index is 2.14. The number of hydrogen-bond acceptors (Lipinski definition) is 3. The van der Waals surface area contributed by atoms with Gasteiger partial charge in [0.15, 0.2) is 0 Å². The Morgan fingerprint density at radius 2 is 2.17 bits per heavy atom. The van der Waals surface area contributed by atoms with Gasteiger partial charge in [0.1, 0.15) is 0 Å². The summed E-state index contributed by atoms with van der Waals surface area (Å²) in [5, 5.41) is 7.87. The largest absolute Gasteiger partial charge is 0.375 e. The summed E-state index contributed by atoms with van der Waals surface area (Å²) in [7, 11) is 0. The van der Waals surface area contributed by atoms with E-state index >= 15 is 0 Å². The lowest BCUT2D eigenvalue weighted by Crippen LogP contribution is -2.24. The van der Waals surface area contributed by atoms with Gasteiger partial charge in [0.25, 0.3) is 0 Å². The van der Waals surface area contributed by atoms with Gasteiger partial charge in [-0.25, -0.2) is 0 Å². The molecular formula is C14H27N3O. The third-order valence-corrected chi connectivity index (χ3v) is 2.97. The predicted molar refractivity (Wildman–Crippen MR) is 74.6 cm³/mol. The first-order valence-corrected chi connectivity index (χ1v) is 6.98. The maximum absolute atomic E-state index is 5.61. The Morgan fingerprint density at radius 3 is 2.83 bits per heavy atom. The molecule has 1 aromatic heterocycles. The van der Waals surface area contributed by atoms with Crippen LogP contribution in [0.4, 0.5) is 0 Å². The minimum atomic E-state index is 0.467. The van der Waals surface area contributed by atoms with Crippen molar-refractivity contribution in [2.45, 2.75) is 59.2 Å². The van der Waals surface area contributed by atoms with Gasteiger partial charge in [0, 0.05) is 24.9 Å². The van der Waals surface area contributed by atoms with Crippen LogP contribution in [0.2, 0.25) is 0 Å². The lowest BCUT2D eigenvalue weighted by atomic mass is 10.3. The normalized spacial score (nSPS) is 13.2. The molecule has 18 heavy (non-hydrogen) atoms. The lowest BCUT2D eigenvalue weighted by Gasteiger charge is -2.09. The summed E-state index contributed by atoms with van der Waals surface area (Å²) in [6.07, 6.45) is 4.18. The van der Waals surface area contributed by atoms with Crippen LogP contribution in [0.1, 0.15) is 52.3 Å². The molecule has 0 saturated heterocycles. The Morgan fingerprint density at radius 1 is 1.39 bits per heavy atom. The number of rotatable bonds is 9. The third-order valence-electron chi connectivity index (χ3n) is 2.97. The van der Waals surface area contributed by atoms with E-state index < -0.39 is 0 Å². The highest BCUT2D eigenvalue weighted by atomic mass is 16.5. The summed E-state index contributed by atoms with van der Waals surface area (Å²) >= 11 is 0. The van der Waals surface area contributed by atoms with Gasteiger partial charge in [-0.05, 0) is 32.4 Å². The van der Waals surface area contributed by atoms with E-state index in [1.165, 1.54) is 0 Å². The molecule has 0 spiro atoms. The SMILES string of the molecule is CCC(C)n1ccc(COCCCNC(C)C)n1. The first kappa shape index (κ1) is 15.2. The minimum absolute atomic E-state index is 0.467. The lowest BCUT2D eigenvalue weighted by molar-refractivity contribution is 0.115. The molecule has 1 rings (SSSR count). The Bertz CT molecular complexity index is 323. The molecule has 1 N–H and O–H groups in total. The van der Waals surface area contributed by atoms with Gasteiger partial charge in [-0.3, -0.25) is 4.68 Å². The molecule has 1 unspecified atom stereocenters. The van der Waals surface area contributed by atoms with Crippen LogP contribution in [0.3, 0.4) is 0 Å². The van der Waals surface area contributed by atoms with Crippen molar-refractivity contribution >= 4 is 0 Å². The molecule has 0 saturated carbocycles. The molecular weight excluding hydrogens is 226 g/mol. The molecule has 0 aliphatic rings. The minimum Gasteiger partial charge on any atom is -0.375 e. The van der Waals surface area contributed by atoms with Gasteiger partial charge in [-0.1, -0.05) is 20.8 Å². The van der Waals surface area contributed by atoms with Gasteiger partial charge in [0.05, 0.1) is 12.3 Å². The maximum Gasteiger partial charge on any atom is 0.0906 e. The highest BCUT2D eigenvalue weighted by Gasteiger charge is 2.04. The Labute approximate surface area is 111 Å². The first-order chi connectivity index (χ1) is 8.63.